The standard InChI is InChI=1S/C15H29N3O3/c1-3-16-10-7-11-17-14(21)18(2)15(12-13(19)20)8-5-4-6-9-15/h16H,3-12H2,1-2H3,(H,17,21)(H,19,20). The maximum absolute atomic E-state index is 12.3. The summed E-state index contributed by atoms with van der Waals surface area (Å²) >= 11 is 0. The summed E-state index contributed by atoms with van der Waals surface area (Å²) in [7, 11) is 1.73. The van der Waals surface area contributed by atoms with Gasteiger partial charge in [-0.3, -0.25) is 4.79 Å². The van der Waals surface area contributed by atoms with Crippen LogP contribution < -0.4 is 10.6 Å². The van der Waals surface area contributed by atoms with Gasteiger partial charge in [-0.1, -0.05) is 26.2 Å². The zero-order chi connectivity index (χ0) is 15.7. The normalized spacial score (nSPS) is 17.2. The van der Waals surface area contributed by atoms with Crippen LogP contribution in [0.1, 0.15) is 51.9 Å². The van der Waals surface area contributed by atoms with E-state index in [0.29, 0.717) is 6.54 Å². The Labute approximate surface area is 127 Å². The number of carbonyl (C=O) groups excluding carboxylic acids is 1. The SMILES string of the molecule is CCNCCCNC(=O)N(C)C1(CC(=O)O)CCCCC1. The van der Waals surface area contributed by atoms with E-state index >= 15 is 0 Å². The van der Waals surface area contributed by atoms with E-state index in [1.165, 1.54) is 0 Å². The molecule has 0 aromatic heterocycles. The van der Waals surface area contributed by atoms with E-state index in [4.69, 9.17) is 5.11 Å². The summed E-state index contributed by atoms with van der Waals surface area (Å²) < 4.78 is 0. The molecule has 0 spiro atoms. The predicted molar refractivity (Wildman–Crippen MR) is 82.4 cm³/mol. The fraction of sp³-hybridized carbons (Fsp3) is 0.867. The van der Waals surface area contributed by atoms with Crippen molar-refractivity contribution in [3.05, 3.63) is 0 Å². The minimum Gasteiger partial charge on any atom is -0.481 e. The molecule has 1 aliphatic carbocycles. The molecule has 1 aliphatic rings. The first-order valence-electron chi connectivity index (χ1n) is 7.96. The molecule has 1 rings (SSSR count). The molecule has 1 saturated carbocycles. The van der Waals surface area contributed by atoms with Crippen LogP contribution in [0.15, 0.2) is 0 Å². The lowest BCUT2D eigenvalue weighted by Gasteiger charge is -2.43. The predicted octanol–water partition coefficient (Wildman–Crippen LogP) is 1.80. The number of carboxylic acids is 1. The van der Waals surface area contributed by atoms with Gasteiger partial charge < -0.3 is 20.6 Å². The number of nitrogens with one attached hydrogen (secondary N) is 2. The third kappa shape index (κ3) is 5.53. The average molecular weight is 299 g/mol. The van der Waals surface area contributed by atoms with Crippen molar-refractivity contribution in [2.24, 2.45) is 0 Å². The number of hydrogen-bond donors (Lipinski definition) is 3. The minimum absolute atomic E-state index is 0.0360. The van der Waals surface area contributed by atoms with E-state index in [0.717, 1.165) is 51.6 Å². The Morgan fingerprint density at radius 2 is 1.86 bits per heavy atom. The third-order valence-electron chi connectivity index (χ3n) is 4.34. The number of hydrogen-bond acceptors (Lipinski definition) is 3. The quantitative estimate of drug-likeness (QED) is 0.597. The molecular formula is C15H29N3O3. The van der Waals surface area contributed by atoms with Crippen LogP contribution in [0.25, 0.3) is 0 Å². The van der Waals surface area contributed by atoms with Gasteiger partial charge in [-0.25, -0.2) is 4.79 Å². The fourth-order valence-corrected chi connectivity index (χ4v) is 3.04. The molecule has 0 bridgehead atoms. The summed E-state index contributed by atoms with van der Waals surface area (Å²) in [4.78, 5) is 25.1. The van der Waals surface area contributed by atoms with E-state index in [1.807, 2.05) is 6.92 Å². The summed E-state index contributed by atoms with van der Waals surface area (Å²) in [5.74, 6) is -0.830. The first-order valence-corrected chi connectivity index (χ1v) is 7.96. The van der Waals surface area contributed by atoms with Crippen molar-refractivity contribution in [1.82, 2.24) is 15.5 Å². The van der Waals surface area contributed by atoms with Crippen LogP contribution in [0.3, 0.4) is 0 Å². The minimum atomic E-state index is -0.830. The van der Waals surface area contributed by atoms with Gasteiger partial charge in [0.15, 0.2) is 0 Å². The number of urea groups is 1. The molecule has 0 unspecified atom stereocenters. The van der Waals surface area contributed by atoms with E-state index in [9.17, 15) is 9.59 Å². The summed E-state index contributed by atoms with van der Waals surface area (Å²) in [5.41, 5.74) is -0.518. The molecular weight excluding hydrogens is 270 g/mol. The highest BCUT2D eigenvalue weighted by atomic mass is 16.4. The van der Waals surface area contributed by atoms with Crippen LogP contribution in [-0.2, 0) is 4.79 Å². The van der Waals surface area contributed by atoms with Crippen LogP contribution >= 0.6 is 0 Å². The number of nitrogens with zero attached hydrogens (tertiary/aromatic N) is 1. The third-order valence-corrected chi connectivity index (χ3v) is 4.34. The van der Waals surface area contributed by atoms with Gasteiger partial charge in [0.2, 0.25) is 0 Å². The van der Waals surface area contributed by atoms with Gasteiger partial charge in [-0.2, -0.15) is 0 Å². The van der Waals surface area contributed by atoms with Gasteiger partial charge in [-0.05, 0) is 32.4 Å². The smallest absolute Gasteiger partial charge is 0.317 e. The number of carbonyl (C=O) groups is 2. The first kappa shape index (κ1) is 17.8. The molecule has 0 aliphatic heterocycles. The van der Waals surface area contributed by atoms with Crippen molar-refractivity contribution in [1.29, 1.82) is 0 Å². The van der Waals surface area contributed by atoms with E-state index < -0.39 is 11.5 Å². The molecule has 0 aromatic rings. The van der Waals surface area contributed by atoms with Gasteiger partial charge >= 0.3 is 12.0 Å². The molecule has 2 amide bonds. The molecule has 0 heterocycles. The number of carboxylic acid groups (broad SMARTS) is 1. The number of rotatable bonds is 8. The Bertz CT molecular complexity index is 341. The lowest BCUT2D eigenvalue weighted by Crippen LogP contribution is -2.55. The lowest BCUT2D eigenvalue weighted by molar-refractivity contribution is -0.140. The molecule has 6 nitrogen and oxygen atoms in total. The van der Waals surface area contributed by atoms with Crippen molar-refractivity contribution in [3.8, 4) is 0 Å². The van der Waals surface area contributed by atoms with Crippen molar-refractivity contribution in [2.75, 3.05) is 26.7 Å². The van der Waals surface area contributed by atoms with Crippen LogP contribution in [0.5, 0.6) is 0 Å². The molecule has 0 atom stereocenters. The topological polar surface area (TPSA) is 81.7 Å². The Balaban J connectivity index is 2.52. The highest BCUT2D eigenvalue weighted by Gasteiger charge is 2.40. The maximum atomic E-state index is 12.3. The van der Waals surface area contributed by atoms with Gasteiger partial charge in [0.05, 0.1) is 12.0 Å². The summed E-state index contributed by atoms with van der Waals surface area (Å²) in [6, 6.07) is -0.158. The summed E-state index contributed by atoms with van der Waals surface area (Å²) in [6.07, 6.45) is 5.57. The second-order valence-corrected chi connectivity index (χ2v) is 5.85. The molecule has 6 heteroatoms. The van der Waals surface area contributed by atoms with E-state index in [-0.39, 0.29) is 12.5 Å². The van der Waals surface area contributed by atoms with Gasteiger partial charge in [-0.15, -0.1) is 0 Å². The lowest BCUT2D eigenvalue weighted by atomic mass is 9.78. The molecule has 122 valence electrons. The summed E-state index contributed by atoms with van der Waals surface area (Å²) in [6.45, 7) is 4.46. The van der Waals surface area contributed by atoms with Gasteiger partial charge in [0, 0.05) is 13.6 Å². The zero-order valence-corrected chi connectivity index (χ0v) is 13.3. The van der Waals surface area contributed by atoms with Crippen LogP contribution in [0.4, 0.5) is 4.79 Å². The van der Waals surface area contributed by atoms with E-state index in [2.05, 4.69) is 10.6 Å². The number of aliphatic carboxylic acids is 1. The average Bonchev–Trinajstić information content (AvgIpc) is 2.46. The van der Waals surface area contributed by atoms with Crippen LogP contribution in [0, 0.1) is 0 Å². The second-order valence-electron chi connectivity index (χ2n) is 5.85. The molecule has 0 radical (unpaired) electrons. The zero-order valence-electron chi connectivity index (χ0n) is 13.3. The Hall–Kier alpha value is -1.30. The number of amides is 2. The molecule has 0 saturated heterocycles. The molecule has 1 fully saturated rings. The Morgan fingerprint density at radius 1 is 1.19 bits per heavy atom. The largest absolute Gasteiger partial charge is 0.481 e. The first-order chi connectivity index (χ1) is 10.0. The Morgan fingerprint density at radius 3 is 2.43 bits per heavy atom. The highest BCUT2D eigenvalue weighted by molar-refractivity contribution is 5.76. The van der Waals surface area contributed by atoms with E-state index in [1.54, 1.807) is 11.9 Å². The van der Waals surface area contributed by atoms with Gasteiger partial charge in [0.1, 0.15) is 0 Å². The fourth-order valence-electron chi connectivity index (χ4n) is 3.04. The van der Waals surface area contributed by atoms with Crippen molar-refractivity contribution >= 4 is 12.0 Å². The van der Waals surface area contributed by atoms with Crippen LogP contribution in [-0.4, -0.2) is 54.2 Å². The monoisotopic (exact) mass is 299 g/mol. The molecule has 3 N–H and O–H groups in total. The second kappa shape index (κ2) is 8.87. The summed E-state index contributed by atoms with van der Waals surface area (Å²) in [5, 5.41) is 15.3. The van der Waals surface area contributed by atoms with Crippen molar-refractivity contribution in [2.45, 2.75) is 57.4 Å². The highest BCUT2D eigenvalue weighted by Crippen LogP contribution is 2.35. The van der Waals surface area contributed by atoms with Crippen molar-refractivity contribution in [3.63, 3.8) is 0 Å². The Kier molecular flexibility index (Phi) is 7.50. The maximum Gasteiger partial charge on any atom is 0.317 e. The molecule has 21 heavy (non-hydrogen) atoms. The van der Waals surface area contributed by atoms with Crippen molar-refractivity contribution < 1.29 is 14.7 Å². The molecule has 0 aromatic carbocycles. The van der Waals surface area contributed by atoms with Gasteiger partial charge in [0.25, 0.3) is 0 Å². The van der Waals surface area contributed by atoms with Crippen LogP contribution in [0.2, 0.25) is 0 Å².